The van der Waals surface area contributed by atoms with Gasteiger partial charge < -0.3 is 14.5 Å². The van der Waals surface area contributed by atoms with Crippen molar-refractivity contribution in [3.05, 3.63) is 64.2 Å². The van der Waals surface area contributed by atoms with Crippen LogP contribution in [0.15, 0.2) is 51.6 Å². The van der Waals surface area contributed by atoms with Crippen LogP contribution in [-0.4, -0.2) is 21.6 Å². The quantitative estimate of drug-likeness (QED) is 0.338. The van der Waals surface area contributed by atoms with Gasteiger partial charge in [0, 0.05) is 18.2 Å². The van der Waals surface area contributed by atoms with Crippen LogP contribution in [0.4, 0.5) is 5.69 Å². The summed E-state index contributed by atoms with van der Waals surface area (Å²) in [7, 11) is 1.72. The zero-order valence-corrected chi connectivity index (χ0v) is 18.7. The lowest BCUT2D eigenvalue weighted by Gasteiger charge is -2.27. The Kier molecular flexibility index (Phi) is 4.02. The average Bonchev–Trinajstić information content (AvgIpc) is 3.42. The largest absolute Gasteiger partial charge is 0.450 e. The molecule has 8 heteroatoms. The molecule has 1 atom stereocenters. The van der Waals surface area contributed by atoms with Crippen molar-refractivity contribution >= 4 is 54.2 Å². The van der Waals surface area contributed by atoms with Gasteiger partial charge in [-0.2, -0.15) is 0 Å². The molecule has 6 nitrogen and oxygen atoms in total. The number of thiophene rings is 1. The van der Waals surface area contributed by atoms with Gasteiger partial charge in [-0.1, -0.05) is 12.1 Å². The SMILES string of the molecule is COCc1cc(C)nc2sc3c(c12)NC(c1ccc(Br)o1)n1c-3nc2ccccc21. The number of hydrogen-bond donors (Lipinski definition) is 1. The summed E-state index contributed by atoms with van der Waals surface area (Å²) in [6.45, 7) is 2.54. The number of aryl methyl sites for hydroxylation is 1. The maximum absolute atomic E-state index is 5.97. The normalized spacial score (nSPS) is 15.4. The van der Waals surface area contributed by atoms with Crippen LogP contribution in [-0.2, 0) is 11.3 Å². The highest BCUT2D eigenvalue weighted by molar-refractivity contribution is 9.10. The van der Waals surface area contributed by atoms with Gasteiger partial charge in [-0.05, 0) is 58.7 Å². The van der Waals surface area contributed by atoms with E-state index in [9.17, 15) is 0 Å². The molecule has 6 rings (SSSR count). The van der Waals surface area contributed by atoms with Crippen LogP contribution >= 0.6 is 27.3 Å². The van der Waals surface area contributed by atoms with Crippen LogP contribution in [0.3, 0.4) is 0 Å². The van der Waals surface area contributed by atoms with Crippen molar-refractivity contribution in [1.82, 2.24) is 14.5 Å². The number of imidazole rings is 1. The minimum atomic E-state index is -0.222. The third-order valence-electron chi connectivity index (χ3n) is 5.37. The number of fused-ring (bicyclic) bond motifs is 7. The minimum absolute atomic E-state index is 0.222. The highest BCUT2D eigenvalue weighted by Gasteiger charge is 2.33. The number of nitrogens with zero attached hydrogens (tertiary/aromatic N) is 3. The third kappa shape index (κ3) is 2.57. The van der Waals surface area contributed by atoms with Gasteiger partial charge in [0.15, 0.2) is 16.7 Å². The predicted octanol–water partition coefficient (Wildman–Crippen LogP) is 6.10. The van der Waals surface area contributed by atoms with E-state index in [4.69, 9.17) is 19.1 Å². The molecule has 1 aliphatic heterocycles. The molecule has 0 spiro atoms. The maximum Gasteiger partial charge on any atom is 0.169 e. The zero-order chi connectivity index (χ0) is 20.4. The molecule has 1 unspecified atom stereocenters. The van der Waals surface area contributed by atoms with E-state index in [0.717, 1.165) is 54.7 Å². The Morgan fingerprint density at radius 1 is 1.23 bits per heavy atom. The number of ether oxygens (including phenoxy) is 1. The van der Waals surface area contributed by atoms with Crippen LogP contribution in [0.25, 0.3) is 32.0 Å². The smallest absolute Gasteiger partial charge is 0.169 e. The van der Waals surface area contributed by atoms with Crippen molar-refractivity contribution in [1.29, 1.82) is 0 Å². The second-order valence-corrected chi connectivity index (χ2v) is 9.11. The first-order valence-electron chi connectivity index (χ1n) is 9.55. The monoisotopic (exact) mass is 480 g/mol. The molecule has 150 valence electrons. The minimum Gasteiger partial charge on any atom is -0.450 e. The molecular formula is C22H17BrN4O2S. The lowest BCUT2D eigenvalue weighted by molar-refractivity contribution is 0.186. The molecule has 0 saturated carbocycles. The molecule has 30 heavy (non-hydrogen) atoms. The number of furan rings is 1. The maximum atomic E-state index is 5.97. The molecule has 1 aliphatic rings. The van der Waals surface area contributed by atoms with Crippen LogP contribution < -0.4 is 5.32 Å². The molecule has 5 heterocycles. The molecule has 0 radical (unpaired) electrons. The van der Waals surface area contributed by atoms with E-state index in [0.29, 0.717) is 11.3 Å². The van der Waals surface area contributed by atoms with Crippen molar-refractivity contribution in [3.63, 3.8) is 0 Å². The van der Waals surface area contributed by atoms with Gasteiger partial charge in [0.2, 0.25) is 0 Å². The van der Waals surface area contributed by atoms with Crippen LogP contribution in [0, 0.1) is 6.92 Å². The van der Waals surface area contributed by atoms with Gasteiger partial charge in [-0.3, -0.25) is 4.57 Å². The fraction of sp³-hybridized carbons (Fsp3) is 0.182. The lowest BCUT2D eigenvalue weighted by atomic mass is 10.1. The molecule has 0 amide bonds. The zero-order valence-electron chi connectivity index (χ0n) is 16.3. The Balaban J connectivity index is 1.69. The number of anilines is 1. The Morgan fingerprint density at radius 3 is 2.90 bits per heavy atom. The summed E-state index contributed by atoms with van der Waals surface area (Å²) in [5.41, 5.74) is 5.15. The fourth-order valence-corrected chi connectivity index (χ4v) is 5.75. The Bertz CT molecular complexity index is 1430. The van der Waals surface area contributed by atoms with Crippen molar-refractivity contribution in [3.8, 4) is 10.7 Å². The van der Waals surface area contributed by atoms with Gasteiger partial charge >= 0.3 is 0 Å². The van der Waals surface area contributed by atoms with E-state index in [1.54, 1.807) is 18.4 Å². The van der Waals surface area contributed by atoms with Crippen molar-refractivity contribution < 1.29 is 9.15 Å². The highest BCUT2D eigenvalue weighted by atomic mass is 79.9. The average molecular weight is 481 g/mol. The third-order valence-corrected chi connectivity index (χ3v) is 6.88. The van der Waals surface area contributed by atoms with E-state index < -0.39 is 0 Å². The summed E-state index contributed by atoms with van der Waals surface area (Å²) < 4.78 is 14.4. The fourth-order valence-electron chi connectivity index (χ4n) is 4.22. The number of para-hydroxylation sites is 2. The first-order valence-corrected chi connectivity index (χ1v) is 11.2. The summed E-state index contributed by atoms with van der Waals surface area (Å²) in [5, 5.41) is 4.82. The molecule has 0 bridgehead atoms. The van der Waals surface area contributed by atoms with Gasteiger partial charge in [0.1, 0.15) is 10.6 Å². The Labute approximate surface area is 184 Å². The number of nitrogens with one attached hydrogen (secondary N) is 1. The van der Waals surface area contributed by atoms with E-state index in [1.165, 1.54) is 0 Å². The Hall–Kier alpha value is -2.68. The van der Waals surface area contributed by atoms with E-state index in [-0.39, 0.29) is 6.17 Å². The number of benzene rings is 1. The van der Waals surface area contributed by atoms with Crippen molar-refractivity contribution in [2.45, 2.75) is 19.7 Å². The Morgan fingerprint density at radius 2 is 2.10 bits per heavy atom. The number of halogens is 1. The van der Waals surface area contributed by atoms with Crippen molar-refractivity contribution in [2.75, 3.05) is 12.4 Å². The molecule has 4 aromatic heterocycles. The lowest BCUT2D eigenvalue weighted by Crippen LogP contribution is -2.23. The van der Waals surface area contributed by atoms with Crippen molar-refractivity contribution in [2.24, 2.45) is 0 Å². The topological polar surface area (TPSA) is 65.1 Å². The van der Waals surface area contributed by atoms with E-state index in [2.05, 4.69) is 37.9 Å². The second-order valence-electron chi connectivity index (χ2n) is 7.32. The van der Waals surface area contributed by atoms with Crippen LogP contribution in [0.2, 0.25) is 0 Å². The number of rotatable bonds is 3. The molecule has 5 aromatic rings. The summed E-state index contributed by atoms with van der Waals surface area (Å²) in [6, 6.07) is 14.2. The predicted molar refractivity (Wildman–Crippen MR) is 122 cm³/mol. The summed E-state index contributed by atoms with van der Waals surface area (Å²) >= 11 is 5.10. The number of methoxy groups -OCH3 is 1. The number of pyridine rings is 1. The molecule has 0 aliphatic carbocycles. The second kappa shape index (κ2) is 6.66. The van der Waals surface area contributed by atoms with Gasteiger partial charge in [0.05, 0.1) is 28.2 Å². The molecule has 0 saturated heterocycles. The first kappa shape index (κ1) is 18.1. The molecular weight excluding hydrogens is 464 g/mol. The number of aromatic nitrogens is 3. The molecule has 1 N–H and O–H groups in total. The standard InChI is InChI=1S/C22H17BrN4O2S/c1-11-9-12(10-28-2)17-18-19(30-22(17)24-11)21-25-13-5-3-4-6-14(13)27(21)20(26-18)15-7-8-16(23)29-15/h3-9,20,26H,10H2,1-2H3. The van der Waals surface area contributed by atoms with E-state index >= 15 is 0 Å². The highest BCUT2D eigenvalue weighted by Crippen LogP contribution is 2.49. The van der Waals surface area contributed by atoms with Gasteiger partial charge in [0.25, 0.3) is 0 Å². The first-order chi connectivity index (χ1) is 14.6. The van der Waals surface area contributed by atoms with Gasteiger partial charge in [-0.25, -0.2) is 9.97 Å². The van der Waals surface area contributed by atoms with E-state index in [1.807, 2.05) is 37.3 Å². The molecule has 1 aromatic carbocycles. The van der Waals surface area contributed by atoms with Crippen LogP contribution in [0.1, 0.15) is 23.2 Å². The number of hydrogen-bond acceptors (Lipinski definition) is 6. The summed E-state index contributed by atoms with van der Waals surface area (Å²) in [5.74, 6) is 1.73. The van der Waals surface area contributed by atoms with Gasteiger partial charge in [-0.15, -0.1) is 11.3 Å². The summed E-state index contributed by atoms with van der Waals surface area (Å²) in [6.07, 6.45) is -0.222. The molecule has 0 fully saturated rings. The summed E-state index contributed by atoms with van der Waals surface area (Å²) in [4.78, 5) is 11.9. The van der Waals surface area contributed by atoms with Crippen LogP contribution in [0.5, 0.6) is 0 Å².